The Hall–Kier alpha value is -1.93. The maximum atomic E-state index is 13.6. The number of rotatable bonds is 2. The first-order chi connectivity index (χ1) is 11.3. The molecular formula is C16H17F3N2O3. The average molecular weight is 342 g/mol. The van der Waals surface area contributed by atoms with Crippen LogP contribution in [0.3, 0.4) is 0 Å². The molecule has 0 unspecified atom stereocenters. The molecule has 1 aromatic rings. The molecule has 130 valence electrons. The standard InChI is InChI=1S/C16H17F3N2O3/c17-16(18,19)15(24)11-8-4-5-9-12(11)20-21(15)14(23)13(22)10-6-2-1-3-7-10/h1-3,6-7,11,13,22,24H,4-5,8-9H2/t11-,13+,15-/m0/s1. The van der Waals surface area contributed by atoms with Gasteiger partial charge in [0.25, 0.3) is 11.6 Å². The van der Waals surface area contributed by atoms with Crippen LogP contribution in [0.15, 0.2) is 35.4 Å². The van der Waals surface area contributed by atoms with Gasteiger partial charge in [-0.1, -0.05) is 36.8 Å². The monoisotopic (exact) mass is 342 g/mol. The number of benzene rings is 1. The third-order valence-corrected chi connectivity index (χ3v) is 4.59. The lowest BCUT2D eigenvalue weighted by Gasteiger charge is -2.38. The van der Waals surface area contributed by atoms with Crippen LogP contribution in [0.1, 0.15) is 37.4 Å². The van der Waals surface area contributed by atoms with Crippen LogP contribution in [0.4, 0.5) is 13.2 Å². The Kier molecular flexibility index (Phi) is 4.13. The van der Waals surface area contributed by atoms with Crippen molar-refractivity contribution in [1.29, 1.82) is 0 Å². The highest BCUT2D eigenvalue weighted by Gasteiger charge is 2.68. The molecule has 8 heteroatoms. The number of alkyl halides is 3. The molecule has 0 aromatic heterocycles. The normalized spacial score (nSPS) is 28.3. The molecule has 0 bridgehead atoms. The Morgan fingerprint density at radius 2 is 1.96 bits per heavy atom. The minimum Gasteiger partial charge on any atom is -0.378 e. The summed E-state index contributed by atoms with van der Waals surface area (Å²) in [5.41, 5.74) is -3.10. The summed E-state index contributed by atoms with van der Waals surface area (Å²) in [5.74, 6) is -2.57. The molecule has 1 aromatic carbocycles. The van der Waals surface area contributed by atoms with Crippen molar-refractivity contribution in [3.05, 3.63) is 35.9 Å². The van der Waals surface area contributed by atoms with E-state index in [2.05, 4.69) is 5.10 Å². The van der Waals surface area contributed by atoms with Crippen molar-refractivity contribution in [3.63, 3.8) is 0 Å². The predicted octanol–water partition coefficient (Wildman–Crippen LogP) is 2.36. The molecule has 24 heavy (non-hydrogen) atoms. The lowest BCUT2D eigenvalue weighted by atomic mass is 9.80. The first-order valence-corrected chi connectivity index (χ1v) is 7.70. The van der Waals surface area contributed by atoms with Crippen LogP contribution in [-0.2, 0) is 4.79 Å². The molecule has 1 fully saturated rings. The lowest BCUT2D eigenvalue weighted by molar-refractivity contribution is -0.318. The summed E-state index contributed by atoms with van der Waals surface area (Å²) in [7, 11) is 0. The van der Waals surface area contributed by atoms with E-state index in [-0.39, 0.29) is 22.7 Å². The third kappa shape index (κ3) is 2.50. The fourth-order valence-electron chi connectivity index (χ4n) is 3.33. The summed E-state index contributed by atoms with van der Waals surface area (Å²) in [4.78, 5) is 12.5. The number of nitrogens with zero attached hydrogens (tertiary/aromatic N) is 2. The first-order valence-electron chi connectivity index (χ1n) is 7.70. The summed E-state index contributed by atoms with van der Waals surface area (Å²) in [5, 5.41) is 24.3. The van der Waals surface area contributed by atoms with Gasteiger partial charge in [-0.3, -0.25) is 4.79 Å². The summed E-state index contributed by atoms with van der Waals surface area (Å²) in [6, 6.07) is 7.60. The van der Waals surface area contributed by atoms with Crippen molar-refractivity contribution in [2.45, 2.75) is 43.7 Å². The number of hydrogen-bond acceptors (Lipinski definition) is 4. The number of fused-ring (bicyclic) bond motifs is 1. The second-order valence-corrected chi connectivity index (χ2v) is 6.08. The van der Waals surface area contributed by atoms with Crippen LogP contribution in [0.2, 0.25) is 0 Å². The second-order valence-electron chi connectivity index (χ2n) is 6.08. The Bertz CT molecular complexity index is 662. The zero-order valence-corrected chi connectivity index (χ0v) is 12.7. The van der Waals surface area contributed by atoms with E-state index in [9.17, 15) is 28.2 Å². The van der Waals surface area contributed by atoms with E-state index in [4.69, 9.17) is 0 Å². The summed E-state index contributed by atoms with van der Waals surface area (Å²) in [6.45, 7) is 0. The Morgan fingerprint density at radius 3 is 2.58 bits per heavy atom. The fraction of sp³-hybridized carbons (Fsp3) is 0.500. The Morgan fingerprint density at radius 1 is 1.29 bits per heavy atom. The molecule has 1 aliphatic heterocycles. The number of hydrazone groups is 1. The molecule has 0 radical (unpaired) electrons. The maximum absolute atomic E-state index is 13.6. The van der Waals surface area contributed by atoms with Crippen molar-refractivity contribution in [1.82, 2.24) is 5.01 Å². The number of halogens is 3. The van der Waals surface area contributed by atoms with Gasteiger partial charge in [-0.2, -0.15) is 23.3 Å². The summed E-state index contributed by atoms with van der Waals surface area (Å²) in [6.07, 6.45) is -5.33. The van der Waals surface area contributed by atoms with E-state index in [0.717, 1.165) is 0 Å². The first kappa shape index (κ1) is 16.9. The molecule has 1 saturated carbocycles. The Balaban J connectivity index is 1.98. The topological polar surface area (TPSA) is 73.1 Å². The molecule has 2 aliphatic rings. The largest absolute Gasteiger partial charge is 0.439 e. The molecular weight excluding hydrogens is 325 g/mol. The van der Waals surface area contributed by atoms with Gasteiger partial charge in [0.15, 0.2) is 6.10 Å². The van der Waals surface area contributed by atoms with Gasteiger partial charge in [-0.15, -0.1) is 0 Å². The van der Waals surface area contributed by atoms with E-state index in [0.29, 0.717) is 19.3 Å². The van der Waals surface area contributed by atoms with Crippen LogP contribution in [0.5, 0.6) is 0 Å². The molecule has 5 nitrogen and oxygen atoms in total. The van der Waals surface area contributed by atoms with E-state index < -0.39 is 29.8 Å². The van der Waals surface area contributed by atoms with Crippen molar-refractivity contribution in [3.8, 4) is 0 Å². The van der Waals surface area contributed by atoms with Crippen molar-refractivity contribution < 1.29 is 28.2 Å². The second kappa shape index (κ2) is 5.86. The van der Waals surface area contributed by atoms with Gasteiger partial charge < -0.3 is 10.2 Å². The molecule has 3 atom stereocenters. The van der Waals surface area contributed by atoms with Crippen molar-refractivity contribution in [2.24, 2.45) is 11.0 Å². The van der Waals surface area contributed by atoms with E-state index >= 15 is 0 Å². The number of aliphatic hydroxyl groups excluding tert-OH is 1. The van der Waals surface area contributed by atoms with Gasteiger partial charge in [-0.25, -0.2) is 0 Å². The zero-order chi connectivity index (χ0) is 17.5. The Labute approximate surface area is 136 Å². The van der Waals surface area contributed by atoms with Crippen LogP contribution >= 0.6 is 0 Å². The van der Waals surface area contributed by atoms with Gasteiger partial charge in [0.05, 0.1) is 5.92 Å². The minimum absolute atomic E-state index is 0.0377. The van der Waals surface area contributed by atoms with Gasteiger partial charge >= 0.3 is 6.18 Å². The van der Waals surface area contributed by atoms with Crippen LogP contribution in [-0.4, -0.2) is 38.7 Å². The van der Waals surface area contributed by atoms with E-state index in [1.54, 1.807) is 18.2 Å². The predicted molar refractivity (Wildman–Crippen MR) is 78.6 cm³/mol. The zero-order valence-electron chi connectivity index (χ0n) is 12.7. The maximum Gasteiger partial charge on any atom is 0.439 e. The van der Waals surface area contributed by atoms with Crippen molar-refractivity contribution in [2.75, 3.05) is 0 Å². The molecule has 0 spiro atoms. The molecule has 0 saturated heterocycles. The number of carbonyl (C=O) groups excluding carboxylic acids is 1. The van der Waals surface area contributed by atoms with Gasteiger partial charge in [0.1, 0.15) is 0 Å². The van der Waals surface area contributed by atoms with E-state index in [1.807, 2.05) is 0 Å². The number of aliphatic hydroxyl groups is 2. The highest BCUT2D eigenvalue weighted by molar-refractivity contribution is 5.94. The van der Waals surface area contributed by atoms with E-state index in [1.165, 1.54) is 12.1 Å². The number of carbonyl (C=O) groups is 1. The highest BCUT2D eigenvalue weighted by atomic mass is 19.4. The van der Waals surface area contributed by atoms with Gasteiger partial charge in [0, 0.05) is 5.71 Å². The molecule has 1 heterocycles. The SMILES string of the molecule is O=C([C@H](O)c1ccccc1)N1N=C2CCCC[C@@H]2[C@]1(O)C(F)(F)F. The molecule has 2 N–H and O–H groups in total. The number of amides is 1. The molecule has 1 aliphatic carbocycles. The summed E-state index contributed by atoms with van der Waals surface area (Å²) < 4.78 is 40.8. The molecule has 1 amide bonds. The van der Waals surface area contributed by atoms with Crippen LogP contribution < -0.4 is 0 Å². The fourth-order valence-corrected chi connectivity index (χ4v) is 3.33. The van der Waals surface area contributed by atoms with Crippen LogP contribution in [0.25, 0.3) is 0 Å². The minimum atomic E-state index is -5.08. The highest BCUT2D eigenvalue weighted by Crippen LogP contribution is 2.48. The smallest absolute Gasteiger partial charge is 0.378 e. The molecule has 3 rings (SSSR count). The van der Waals surface area contributed by atoms with Crippen molar-refractivity contribution >= 4 is 11.6 Å². The lowest BCUT2D eigenvalue weighted by Crippen LogP contribution is -2.62. The van der Waals surface area contributed by atoms with Gasteiger partial charge in [0.2, 0.25) is 0 Å². The van der Waals surface area contributed by atoms with Gasteiger partial charge in [-0.05, 0) is 24.8 Å². The quantitative estimate of drug-likeness (QED) is 0.867. The average Bonchev–Trinajstić information content (AvgIpc) is 2.89. The number of hydrogen-bond donors (Lipinski definition) is 2. The third-order valence-electron chi connectivity index (χ3n) is 4.59. The van der Waals surface area contributed by atoms with Crippen LogP contribution in [0, 0.1) is 5.92 Å². The summed E-state index contributed by atoms with van der Waals surface area (Å²) >= 11 is 0.